The number of carbonyl (C=O) groups is 1. The Morgan fingerprint density at radius 1 is 1.32 bits per heavy atom. The highest BCUT2D eigenvalue weighted by Gasteiger charge is 2.22. The van der Waals surface area contributed by atoms with Crippen LogP contribution >= 0.6 is 0 Å². The van der Waals surface area contributed by atoms with Gasteiger partial charge in [0.05, 0.1) is 0 Å². The smallest absolute Gasteiger partial charge is 0.222 e. The number of hydrogen-bond donors (Lipinski definition) is 1. The van der Waals surface area contributed by atoms with Gasteiger partial charge in [-0.3, -0.25) is 4.79 Å². The van der Waals surface area contributed by atoms with E-state index in [9.17, 15) is 4.79 Å². The van der Waals surface area contributed by atoms with Gasteiger partial charge in [0.15, 0.2) is 0 Å². The van der Waals surface area contributed by atoms with Crippen LogP contribution < -0.4 is 5.32 Å². The number of nitrogens with zero attached hydrogens (tertiary/aromatic N) is 1. The molecule has 0 aromatic heterocycles. The van der Waals surface area contributed by atoms with Gasteiger partial charge in [-0.2, -0.15) is 0 Å². The van der Waals surface area contributed by atoms with Crippen molar-refractivity contribution in [3.05, 3.63) is 35.4 Å². The summed E-state index contributed by atoms with van der Waals surface area (Å²) in [6, 6.07) is 9.05. The molecule has 1 unspecified atom stereocenters. The number of rotatable bonds is 3. The van der Waals surface area contributed by atoms with E-state index in [2.05, 4.69) is 29.6 Å². The van der Waals surface area contributed by atoms with Crippen LogP contribution in [-0.4, -0.2) is 29.9 Å². The molecule has 0 spiro atoms. The van der Waals surface area contributed by atoms with Crippen molar-refractivity contribution in [1.29, 1.82) is 0 Å². The molecule has 2 heterocycles. The quantitative estimate of drug-likeness (QED) is 0.900. The van der Waals surface area contributed by atoms with Gasteiger partial charge >= 0.3 is 0 Å². The van der Waals surface area contributed by atoms with Gasteiger partial charge in [0.1, 0.15) is 0 Å². The van der Waals surface area contributed by atoms with E-state index >= 15 is 0 Å². The van der Waals surface area contributed by atoms with E-state index in [-0.39, 0.29) is 0 Å². The monoisotopic (exact) mass is 258 g/mol. The van der Waals surface area contributed by atoms with Gasteiger partial charge in [-0.15, -0.1) is 0 Å². The van der Waals surface area contributed by atoms with E-state index in [4.69, 9.17) is 0 Å². The van der Waals surface area contributed by atoms with Crippen molar-refractivity contribution < 1.29 is 4.79 Å². The van der Waals surface area contributed by atoms with Gasteiger partial charge in [-0.05, 0) is 43.4 Å². The maximum Gasteiger partial charge on any atom is 0.222 e. The first-order valence-corrected chi connectivity index (χ1v) is 7.41. The summed E-state index contributed by atoms with van der Waals surface area (Å²) in [5.41, 5.74) is 2.73. The Balaban J connectivity index is 1.54. The Kier molecular flexibility index (Phi) is 3.83. The van der Waals surface area contributed by atoms with Crippen LogP contribution in [0.4, 0.5) is 0 Å². The molecular formula is C16H22N2O. The highest BCUT2D eigenvalue weighted by atomic mass is 16.2. The lowest BCUT2D eigenvalue weighted by molar-refractivity contribution is -0.132. The number of carbonyl (C=O) groups excluding carboxylic acids is 1. The Morgan fingerprint density at radius 2 is 2.16 bits per heavy atom. The number of nitrogens with one attached hydrogen (secondary N) is 1. The van der Waals surface area contributed by atoms with Crippen molar-refractivity contribution in [1.82, 2.24) is 10.2 Å². The molecule has 2 aliphatic rings. The fourth-order valence-electron chi connectivity index (χ4n) is 3.17. The summed E-state index contributed by atoms with van der Waals surface area (Å²) in [5, 5.41) is 3.46. The second-order valence-electron chi connectivity index (χ2n) is 5.67. The fourth-order valence-corrected chi connectivity index (χ4v) is 3.17. The van der Waals surface area contributed by atoms with Crippen molar-refractivity contribution in [2.45, 2.75) is 44.7 Å². The summed E-state index contributed by atoms with van der Waals surface area (Å²) < 4.78 is 0. The molecule has 1 saturated heterocycles. The summed E-state index contributed by atoms with van der Waals surface area (Å²) in [7, 11) is 0. The second kappa shape index (κ2) is 5.74. The second-order valence-corrected chi connectivity index (χ2v) is 5.67. The maximum absolute atomic E-state index is 12.3. The zero-order valence-corrected chi connectivity index (χ0v) is 11.4. The minimum atomic E-state index is 0.322. The number of hydrogen-bond acceptors (Lipinski definition) is 2. The molecule has 3 rings (SSSR count). The average Bonchev–Trinajstić information content (AvgIpc) is 2.97. The van der Waals surface area contributed by atoms with Gasteiger partial charge in [0.2, 0.25) is 5.91 Å². The van der Waals surface area contributed by atoms with E-state index in [1.807, 2.05) is 4.90 Å². The summed E-state index contributed by atoms with van der Waals surface area (Å²) in [6.45, 7) is 2.80. The average molecular weight is 258 g/mol. The third-order valence-electron chi connectivity index (χ3n) is 4.35. The Morgan fingerprint density at radius 3 is 2.95 bits per heavy atom. The minimum absolute atomic E-state index is 0.322. The fraction of sp³-hybridized carbons (Fsp3) is 0.562. The summed E-state index contributed by atoms with van der Waals surface area (Å²) in [4.78, 5) is 14.3. The Bertz CT molecular complexity index is 452. The number of amides is 1. The van der Waals surface area contributed by atoms with Gasteiger partial charge in [-0.25, -0.2) is 0 Å². The molecule has 1 aromatic carbocycles. The normalized spacial score (nSPS) is 22.3. The van der Waals surface area contributed by atoms with Crippen molar-refractivity contribution in [2.24, 2.45) is 0 Å². The highest BCUT2D eigenvalue weighted by Crippen LogP contribution is 2.20. The van der Waals surface area contributed by atoms with Crippen molar-refractivity contribution in [3.8, 4) is 0 Å². The molecule has 1 atom stereocenters. The Hall–Kier alpha value is -1.35. The Labute approximate surface area is 115 Å². The van der Waals surface area contributed by atoms with Crippen LogP contribution in [0.15, 0.2) is 24.3 Å². The predicted octanol–water partition coefficient (Wildman–Crippen LogP) is 2.10. The summed E-state index contributed by atoms with van der Waals surface area (Å²) >= 11 is 0. The van der Waals surface area contributed by atoms with Crippen LogP contribution in [-0.2, 0) is 17.8 Å². The largest absolute Gasteiger partial charge is 0.338 e. The number of fused-ring (bicyclic) bond motifs is 1. The molecule has 0 bridgehead atoms. The molecule has 19 heavy (non-hydrogen) atoms. The lowest BCUT2D eigenvalue weighted by Gasteiger charge is -2.29. The molecule has 0 saturated carbocycles. The zero-order valence-electron chi connectivity index (χ0n) is 11.4. The molecular weight excluding hydrogens is 236 g/mol. The van der Waals surface area contributed by atoms with E-state index in [0.29, 0.717) is 18.4 Å². The zero-order chi connectivity index (χ0) is 13.1. The molecule has 3 nitrogen and oxygen atoms in total. The van der Waals surface area contributed by atoms with Crippen LogP contribution in [0.3, 0.4) is 0 Å². The molecule has 1 amide bonds. The molecule has 0 radical (unpaired) electrons. The molecule has 3 heteroatoms. The number of benzene rings is 1. The van der Waals surface area contributed by atoms with E-state index < -0.39 is 0 Å². The molecule has 102 valence electrons. The molecule has 0 aliphatic carbocycles. The first-order chi connectivity index (χ1) is 9.33. The maximum atomic E-state index is 12.3. The van der Waals surface area contributed by atoms with Gasteiger partial charge in [0, 0.05) is 25.6 Å². The van der Waals surface area contributed by atoms with Gasteiger partial charge in [-0.1, -0.05) is 24.3 Å². The highest BCUT2D eigenvalue weighted by molar-refractivity contribution is 5.76. The van der Waals surface area contributed by atoms with E-state index in [1.54, 1.807) is 0 Å². The summed E-state index contributed by atoms with van der Waals surface area (Å²) in [5.74, 6) is 0.322. The van der Waals surface area contributed by atoms with Crippen LogP contribution in [0, 0.1) is 0 Å². The SMILES string of the molecule is O=C(CCC1CCCN1)N1CCc2ccccc2C1. The first-order valence-electron chi connectivity index (χ1n) is 7.41. The summed E-state index contributed by atoms with van der Waals surface area (Å²) in [6.07, 6.45) is 5.19. The molecule has 1 fully saturated rings. The third kappa shape index (κ3) is 2.98. The standard InChI is InChI=1S/C16H22N2O/c19-16(8-7-15-6-3-10-17-15)18-11-9-13-4-1-2-5-14(13)12-18/h1-2,4-5,15,17H,3,6-12H2. The topological polar surface area (TPSA) is 32.3 Å². The van der Waals surface area contributed by atoms with Crippen LogP contribution in [0.2, 0.25) is 0 Å². The van der Waals surface area contributed by atoms with Crippen molar-refractivity contribution in [2.75, 3.05) is 13.1 Å². The van der Waals surface area contributed by atoms with Crippen molar-refractivity contribution in [3.63, 3.8) is 0 Å². The van der Waals surface area contributed by atoms with Crippen LogP contribution in [0.25, 0.3) is 0 Å². The molecule has 1 aromatic rings. The lowest BCUT2D eigenvalue weighted by atomic mass is 9.99. The molecule has 2 aliphatic heterocycles. The van der Waals surface area contributed by atoms with Gasteiger partial charge in [0.25, 0.3) is 0 Å². The van der Waals surface area contributed by atoms with E-state index in [0.717, 1.165) is 32.5 Å². The lowest BCUT2D eigenvalue weighted by Crippen LogP contribution is -2.36. The molecule has 1 N–H and O–H groups in total. The van der Waals surface area contributed by atoms with Crippen molar-refractivity contribution >= 4 is 5.91 Å². The van der Waals surface area contributed by atoms with Crippen LogP contribution in [0.5, 0.6) is 0 Å². The van der Waals surface area contributed by atoms with Crippen LogP contribution in [0.1, 0.15) is 36.8 Å². The van der Waals surface area contributed by atoms with E-state index in [1.165, 1.54) is 24.0 Å². The van der Waals surface area contributed by atoms with Gasteiger partial charge < -0.3 is 10.2 Å². The third-order valence-corrected chi connectivity index (χ3v) is 4.35. The minimum Gasteiger partial charge on any atom is -0.338 e. The first kappa shape index (κ1) is 12.7. The predicted molar refractivity (Wildman–Crippen MR) is 75.8 cm³/mol.